The highest BCUT2D eigenvalue weighted by atomic mass is 16.5. The number of benzene rings is 2. The van der Waals surface area contributed by atoms with Gasteiger partial charge in [0.1, 0.15) is 12.4 Å². The van der Waals surface area contributed by atoms with E-state index in [9.17, 15) is 4.79 Å². The van der Waals surface area contributed by atoms with Crippen molar-refractivity contribution < 1.29 is 9.53 Å². The number of primary amides is 1. The number of carbonyl (C=O) groups is 1. The largest absolute Gasteiger partial charge is 0.491 e. The topological polar surface area (TPSA) is 58.8 Å². The van der Waals surface area contributed by atoms with Gasteiger partial charge in [0.15, 0.2) is 0 Å². The van der Waals surface area contributed by atoms with E-state index in [0.29, 0.717) is 17.9 Å². The van der Waals surface area contributed by atoms with Crippen LogP contribution in [0.1, 0.15) is 10.4 Å². The monoisotopic (exact) mass is 325 g/mol. The number of anilines is 1. The van der Waals surface area contributed by atoms with Crippen LogP contribution < -0.4 is 15.4 Å². The van der Waals surface area contributed by atoms with Crippen molar-refractivity contribution in [2.45, 2.75) is 0 Å². The van der Waals surface area contributed by atoms with E-state index in [1.165, 1.54) is 5.69 Å². The molecule has 0 aromatic heterocycles. The molecule has 0 spiro atoms. The number of ether oxygens (including phenoxy) is 1. The predicted octanol–water partition coefficient (Wildman–Crippen LogP) is 1.99. The van der Waals surface area contributed by atoms with Gasteiger partial charge >= 0.3 is 0 Å². The van der Waals surface area contributed by atoms with Gasteiger partial charge in [-0.3, -0.25) is 9.69 Å². The van der Waals surface area contributed by atoms with E-state index in [4.69, 9.17) is 10.5 Å². The van der Waals surface area contributed by atoms with E-state index in [0.717, 1.165) is 32.7 Å². The summed E-state index contributed by atoms with van der Waals surface area (Å²) in [6.07, 6.45) is 0. The lowest BCUT2D eigenvalue weighted by Crippen LogP contribution is -2.47. The molecule has 1 aliphatic rings. The van der Waals surface area contributed by atoms with Gasteiger partial charge in [-0.15, -0.1) is 0 Å². The summed E-state index contributed by atoms with van der Waals surface area (Å²) in [7, 11) is 0. The van der Waals surface area contributed by atoms with Gasteiger partial charge < -0.3 is 15.4 Å². The molecule has 0 atom stereocenters. The Bertz CT molecular complexity index is 667. The van der Waals surface area contributed by atoms with Gasteiger partial charge in [-0.1, -0.05) is 30.3 Å². The summed E-state index contributed by atoms with van der Waals surface area (Å²) in [5.74, 6) is 0.106. The first kappa shape index (κ1) is 16.3. The Balaban J connectivity index is 1.45. The molecule has 1 fully saturated rings. The van der Waals surface area contributed by atoms with Crippen LogP contribution in [0.5, 0.6) is 5.75 Å². The molecule has 2 aromatic carbocycles. The third kappa shape index (κ3) is 4.06. The first-order valence-electron chi connectivity index (χ1n) is 8.28. The third-order valence-electron chi connectivity index (χ3n) is 4.31. The van der Waals surface area contributed by atoms with Gasteiger partial charge in [0.05, 0.1) is 5.56 Å². The SMILES string of the molecule is NC(=O)c1ccccc1OCCN1CCN(c2ccccc2)CC1. The lowest BCUT2D eigenvalue weighted by Gasteiger charge is -2.36. The molecule has 5 nitrogen and oxygen atoms in total. The number of rotatable bonds is 6. The second kappa shape index (κ2) is 7.84. The number of hydrogen-bond donors (Lipinski definition) is 1. The van der Waals surface area contributed by atoms with Crippen molar-refractivity contribution in [2.75, 3.05) is 44.2 Å². The molecule has 0 radical (unpaired) electrons. The quantitative estimate of drug-likeness (QED) is 0.882. The second-order valence-electron chi connectivity index (χ2n) is 5.87. The van der Waals surface area contributed by atoms with Crippen molar-refractivity contribution in [3.05, 3.63) is 60.2 Å². The van der Waals surface area contributed by atoms with Crippen molar-refractivity contribution in [2.24, 2.45) is 5.73 Å². The molecule has 2 N–H and O–H groups in total. The number of para-hydroxylation sites is 2. The third-order valence-corrected chi connectivity index (χ3v) is 4.31. The highest BCUT2D eigenvalue weighted by molar-refractivity contribution is 5.95. The van der Waals surface area contributed by atoms with Crippen molar-refractivity contribution in [3.63, 3.8) is 0 Å². The molecule has 1 saturated heterocycles. The molecular weight excluding hydrogens is 302 g/mol. The molecule has 0 bridgehead atoms. The highest BCUT2D eigenvalue weighted by Crippen LogP contribution is 2.18. The second-order valence-corrected chi connectivity index (χ2v) is 5.87. The van der Waals surface area contributed by atoms with E-state index < -0.39 is 5.91 Å². The van der Waals surface area contributed by atoms with Gasteiger partial charge in [0.25, 0.3) is 5.91 Å². The first-order valence-corrected chi connectivity index (χ1v) is 8.28. The highest BCUT2D eigenvalue weighted by Gasteiger charge is 2.17. The minimum Gasteiger partial charge on any atom is -0.491 e. The predicted molar refractivity (Wildman–Crippen MR) is 95.5 cm³/mol. The number of amides is 1. The number of piperazine rings is 1. The molecule has 3 rings (SSSR count). The molecular formula is C19H23N3O2. The van der Waals surface area contributed by atoms with E-state index in [2.05, 4.69) is 34.1 Å². The first-order chi connectivity index (χ1) is 11.7. The van der Waals surface area contributed by atoms with Crippen molar-refractivity contribution in [1.82, 2.24) is 4.90 Å². The summed E-state index contributed by atoms with van der Waals surface area (Å²) in [4.78, 5) is 16.2. The van der Waals surface area contributed by atoms with Crippen LogP contribution in [0.3, 0.4) is 0 Å². The molecule has 1 heterocycles. The van der Waals surface area contributed by atoms with Crippen LogP contribution in [0.25, 0.3) is 0 Å². The maximum absolute atomic E-state index is 11.4. The molecule has 0 unspecified atom stereocenters. The fourth-order valence-corrected chi connectivity index (χ4v) is 2.95. The summed E-state index contributed by atoms with van der Waals surface area (Å²) in [5.41, 5.74) is 7.08. The van der Waals surface area contributed by atoms with Gasteiger partial charge in [0.2, 0.25) is 0 Å². The Morgan fingerprint density at radius 3 is 2.33 bits per heavy atom. The van der Waals surface area contributed by atoms with Gasteiger partial charge in [-0.2, -0.15) is 0 Å². The average Bonchev–Trinajstić information content (AvgIpc) is 2.63. The zero-order valence-corrected chi connectivity index (χ0v) is 13.7. The lowest BCUT2D eigenvalue weighted by atomic mass is 10.2. The lowest BCUT2D eigenvalue weighted by molar-refractivity contribution is 0.0995. The fourth-order valence-electron chi connectivity index (χ4n) is 2.95. The minimum absolute atomic E-state index is 0.436. The van der Waals surface area contributed by atoms with E-state index in [-0.39, 0.29) is 0 Å². The zero-order valence-electron chi connectivity index (χ0n) is 13.7. The molecule has 5 heteroatoms. The summed E-state index contributed by atoms with van der Waals surface area (Å²) >= 11 is 0. The Labute approximate surface area is 142 Å². The maximum atomic E-state index is 11.4. The minimum atomic E-state index is -0.456. The number of carbonyl (C=O) groups excluding carboxylic acids is 1. The van der Waals surface area contributed by atoms with Crippen LogP contribution in [0.15, 0.2) is 54.6 Å². The molecule has 0 aliphatic carbocycles. The van der Waals surface area contributed by atoms with Crippen LogP contribution in [-0.4, -0.2) is 50.1 Å². The Hall–Kier alpha value is -2.53. The maximum Gasteiger partial charge on any atom is 0.252 e. The van der Waals surface area contributed by atoms with Crippen LogP contribution in [-0.2, 0) is 0 Å². The van der Waals surface area contributed by atoms with Crippen LogP contribution in [0, 0.1) is 0 Å². The Morgan fingerprint density at radius 1 is 0.958 bits per heavy atom. The molecule has 2 aromatic rings. The standard InChI is InChI=1S/C19H23N3O2/c20-19(23)17-8-4-5-9-18(17)24-15-14-21-10-12-22(13-11-21)16-6-2-1-3-7-16/h1-9H,10-15H2,(H2,20,23). The smallest absolute Gasteiger partial charge is 0.252 e. The summed E-state index contributed by atoms with van der Waals surface area (Å²) < 4.78 is 5.76. The number of hydrogen-bond acceptors (Lipinski definition) is 4. The molecule has 24 heavy (non-hydrogen) atoms. The van der Waals surface area contributed by atoms with Crippen molar-refractivity contribution >= 4 is 11.6 Å². The molecule has 1 amide bonds. The zero-order chi connectivity index (χ0) is 16.8. The normalized spacial score (nSPS) is 15.2. The van der Waals surface area contributed by atoms with Crippen molar-refractivity contribution in [1.29, 1.82) is 0 Å². The molecule has 126 valence electrons. The molecule has 0 saturated carbocycles. The average molecular weight is 325 g/mol. The number of nitrogens with two attached hydrogens (primary N) is 1. The van der Waals surface area contributed by atoms with Crippen LogP contribution in [0.4, 0.5) is 5.69 Å². The van der Waals surface area contributed by atoms with E-state index in [1.807, 2.05) is 12.1 Å². The fraction of sp³-hybridized carbons (Fsp3) is 0.316. The van der Waals surface area contributed by atoms with E-state index >= 15 is 0 Å². The molecule has 1 aliphatic heterocycles. The van der Waals surface area contributed by atoms with Gasteiger partial charge in [-0.05, 0) is 24.3 Å². The summed E-state index contributed by atoms with van der Waals surface area (Å²) in [6, 6.07) is 17.6. The van der Waals surface area contributed by atoms with Crippen LogP contribution in [0.2, 0.25) is 0 Å². The Morgan fingerprint density at radius 2 is 1.62 bits per heavy atom. The van der Waals surface area contributed by atoms with E-state index in [1.54, 1.807) is 18.2 Å². The van der Waals surface area contributed by atoms with Gasteiger partial charge in [0, 0.05) is 38.4 Å². The Kier molecular flexibility index (Phi) is 5.33. The van der Waals surface area contributed by atoms with Crippen LogP contribution >= 0.6 is 0 Å². The summed E-state index contributed by atoms with van der Waals surface area (Å²) in [6.45, 7) is 5.45. The number of nitrogens with zero attached hydrogens (tertiary/aromatic N) is 2. The van der Waals surface area contributed by atoms with Crippen molar-refractivity contribution in [3.8, 4) is 5.75 Å². The summed E-state index contributed by atoms with van der Waals surface area (Å²) in [5, 5.41) is 0. The van der Waals surface area contributed by atoms with Gasteiger partial charge in [-0.25, -0.2) is 0 Å².